The highest BCUT2D eigenvalue weighted by atomic mass is 16.5. The van der Waals surface area contributed by atoms with Gasteiger partial charge >= 0.3 is 0 Å². The number of ketones is 1. The molecule has 0 aliphatic heterocycles. The Hall–Kier alpha value is -0.630. The average Bonchev–Trinajstić information content (AvgIpc) is 2.10. The lowest BCUT2D eigenvalue weighted by Gasteiger charge is -1.99. The number of hydrogen-bond donors (Lipinski definition) is 0. The lowest BCUT2D eigenvalue weighted by Crippen LogP contribution is -2.00. The maximum Gasteiger partial charge on any atom is 0.157 e. The minimum Gasteiger partial charge on any atom is -0.384 e. The quantitative estimate of drug-likeness (QED) is 0.572. The molecular formula is C10H18O2. The van der Waals surface area contributed by atoms with Gasteiger partial charge in [0.15, 0.2) is 5.78 Å². The van der Waals surface area contributed by atoms with Crippen LogP contribution in [0.4, 0.5) is 0 Å². The highest BCUT2D eigenvalue weighted by Gasteiger charge is 1.98. The van der Waals surface area contributed by atoms with E-state index in [1.165, 1.54) is 5.57 Å². The van der Waals surface area contributed by atoms with Crippen molar-refractivity contribution >= 4 is 5.78 Å². The Morgan fingerprint density at radius 3 is 2.33 bits per heavy atom. The third-order valence-corrected chi connectivity index (χ3v) is 1.83. The van der Waals surface area contributed by atoms with E-state index in [0.29, 0.717) is 13.0 Å². The lowest BCUT2D eigenvalue weighted by atomic mass is 10.1. The molecule has 2 heteroatoms. The lowest BCUT2D eigenvalue weighted by molar-refractivity contribution is -0.115. The monoisotopic (exact) mass is 170 g/mol. The number of hydrogen-bond acceptors (Lipinski definition) is 2. The van der Waals surface area contributed by atoms with E-state index >= 15 is 0 Å². The van der Waals surface area contributed by atoms with Crippen LogP contribution in [0.15, 0.2) is 11.6 Å². The van der Waals surface area contributed by atoms with Gasteiger partial charge in [0.25, 0.3) is 0 Å². The summed E-state index contributed by atoms with van der Waals surface area (Å²) in [5, 5.41) is 0. The highest BCUT2D eigenvalue weighted by Crippen LogP contribution is 2.05. The summed E-state index contributed by atoms with van der Waals surface area (Å²) in [6, 6.07) is 0. The number of carbonyl (C=O) groups is 1. The van der Waals surface area contributed by atoms with Crippen LogP contribution in [0.25, 0.3) is 0 Å². The van der Waals surface area contributed by atoms with E-state index in [1.807, 2.05) is 0 Å². The van der Waals surface area contributed by atoms with Crippen molar-refractivity contribution in [3.05, 3.63) is 11.6 Å². The van der Waals surface area contributed by atoms with Crippen LogP contribution in [0, 0.1) is 0 Å². The van der Waals surface area contributed by atoms with Crippen molar-refractivity contribution in [2.24, 2.45) is 0 Å². The van der Waals surface area contributed by atoms with Gasteiger partial charge in [-0.3, -0.25) is 4.79 Å². The first-order valence-corrected chi connectivity index (χ1v) is 4.45. The summed E-state index contributed by atoms with van der Waals surface area (Å²) in [7, 11) is 1.61. The molecule has 0 aliphatic carbocycles. The maximum atomic E-state index is 11.2. The van der Waals surface area contributed by atoms with Crippen molar-refractivity contribution in [3.8, 4) is 0 Å². The SMILES string of the molecule is CCC(=CC(=O)CCOC)CC. The van der Waals surface area contributed by atoms with Gasteiger partial charge in [0, 0.05) is 13.5 Å². The molecule has 2 nitrogen and oxygen atoms in total. The van der Waals surface area contributed by atoms with Gasteiger partial charge < -0.3 is 4.74 Å². The zero-order valence-electron chi connectivity index (χ0n) is 8.22. The summed E-state index contributed by atoms with van der Waals surface area (Å²) < 4.78 is 4.81. The summed E-state index contributed by atoms with van der Waals surface area (Å²) >= 11 is 0. The molecule has 0 N–H and O–H groups in total. The number of methoxy groups -OCH3 is 1. The fourth-order valence-corrected chi connectivity index (χ4v) is 0.957. The largest absolute Gasteiger partial charge is 0.384 e. The van der Waals surface area contributed by atoms with Crippen molar-refractivity contribution in [3.63, 3.8) is 0 Å². The minimum atomic E-state index is 0.176. The van der Waals surface area contributed by atoms with Crippen LogP contribution in [0.1, 0.15) is 33.1 Å². The second kappa shape index (κ2) is 7.04. The molecule has 0 saturated heterocycles. The Balaban J connectivity index is 3.85. The normalized spacial score (nSPS) is 9.58. The van der Waals surface area contributed by atoms with Crippen LogP contribution in [-0.2, 0) is 9.53 Å². The molecule has 0 radical (unpaired) electrons. The predicted molar refractivity (Wildman–Crippen MR) is 50.2 cm³/mol. The van der Waals surface area contributed by atoms with E-state index in [0.717, 1.165) is 12.8 Å². The molecule has 0 heterocycles. The highest BCUT2D eigenvalue weighted by molar-refractivity contribution is 5.90. The van der Waals surface area contributed by atoms with Gasteiger partial charge in [-0.05, 0) is 18.9 Å². The van der Waals surface area contributed by atoms with Crippen LogP contribution in [0.2, 0.25) is 0 Å². The molecule has 0 amide bonds. The molecule has 0 spiro atoms. The van der Waals surface area contributed by atoms with Gasteiger partial charge in [-0.15, -0.1) is 0 Å². The Kier molecular flexibility index (Phi) is 6.67. The molecule has 70 valence electrons. The van der Waals surface area contributed by atoms with Crippen LogP contribution in [-0.4, -0.2) is 19.5 Å². The van der Waals surface area contributed by atoms with E-state index in [2.05, 4.69) is 13.8 Å². The fourth-order valence-electron chi connectivity index (χ4n) is 0.957. The molecule has 0 unspecified atom stereocenters. The standard InChI is InChI=1S/C10H18O2/c1-4-9(5-2)8-10(11)6-7-12-3/h8H,4-7H2,1-3H3. The summed E-state index contributed by atoms with van der Waals surface area (Å²) in [5.74, 6) is 0.176. The Morgan fingerprint density at radius 1 is 1.33 bits per heavy atom. The van der Waals surface area contributed by atoms with Gasteiger partial charge in [0.05, 0.1) is 6.61 Å². The molecule has 0 aliphatic rings. The summed E-state index contributed by atoms with van der Waals surface area (Å²) in [4.78, 5) is 11.2. The fraction of sp³-hybridized carbons (Fsp3) is 0.700. The van der Waals surface area contributed by atoms with E-state index < -0.39 is 0 Å². The Labute approximate surface area is 74.6 Å². The Morgan fingerprint density at radius 2 is 1.92 bits per heavy atom. The molecule has 12 heavy (non-hydrogen) atoms. The smallest absolute Gasteiger partial charge is 0.157 e. The van der Waals surface area contributed by atoms with Gasteiger partial charge in [-0.1, -0.05) is 19.4 Å². The molecule has 0 atom stereocenters. The Bertz CT molecular complexity index is 153. The van der Waals surface area contributed by atoms with E-state index in [-0.39, 0.29) is 5.78 Å². The molecule has 0 bridgehead atoms. The number of rotatable bonds is 6. The zero-order chi connectivity index (χ0) is 9.40. The molecule has 0 fully saturated rings. The number of allylic oxidation sites excluding steroid dienone is 2. The number of carbonyl (C=O) groups excluding carboxylic acids is 1. The first kappa shape index (κ1) is 11.4. The summed E-state index contributed by atoms with van der Waals surface area (Å²) in [6.07, 6.45) is 4.18. The first-order valence-electron chi connectivity index (χ1n) is 4.45. The second-order valence-electron chi connectivity index (χ2n) is 2.72. The topological polar surface area (TPSA) is 26.3 Å². The third kappa shape index (κ3) is 5.08. The van der Waals surface area contributed by atoms with Crippen molar-refractivity contribution in [1.29, 1.82) is 0 Å². The molecular weight excluding hydrogens is 152 g/mol. The first-order chi connectivity index (χ1) is 5.74. The van der Waals surface area contributed by atoms with Crippen molar-refractivity contribution in [1.82, 2.24) is 0 Å². The van der Waals surface area contributed by atoms with Crippen LogP contribution in [0.3, 0.4) is 0 Å². The molecule has 0 saturated carbocycles. The average molecular weight is 170 g/mol. The molecule has 0 rings (SSSR count). The maximum absolute atomic E-state index is 11.2. The van der Waals surface area contributed by atoms with Crippen LogP contribution in [0.5, 0.6) is 0 Å². The zero-order valence-corrected chi connectivity index (χ0v) is 8.22. The van der Waals surface area contributed by atoms with Crippen LogP contribution >= 0.6 is 0 Å². The summed E-state index contributed by atoms with van der Waals surface area (Å²) in [5.41, 5.74) is 1.22. The van der Waals surface area contributed by atoms with Crippen molar-refractivity contribution in [2.75, 3.05) is 13.7 Å². The third-order valence-electron chi connectivity index (χ3n) is 1.83. The molecule has 0 aromatic heterocycles. The molecule has 0 aromatic carbocycles. The van der Waals surface area contributed by atoms with E-state index in [4.69, 9.17) is 4.74 Å². The summed E-state index contributed by atoms with van der Waals surface area (Å²) in [6.45, 7) is 4.66. The van der Waals surface area contributed by atoms with Gasteiger partial charge in [-0.25, -0.2) is 0 Å². The predicted octanol–water partition coefficient (Wildman–Crippen LogP) is 2.34. The van der Waals surface area contributed by atoms with Gasteiger partial charge in [0.2, 0.25) is 0 Å². The van der Waals surface area contributed by atoms with Crippen molar-refractivity contribution in [2.45, 2.75) is 33.1 Å². The van der Waals surface area contributed by atoms with E-state index in [1.54, 1.807) is 13.2 Å². The number of ether oxygens (including phenoxy) is 1. The van der Waals surface area contributed by atoms with Gasteiger partial charge in [0.1, 0.15) is 0 Å². The minimum absolute atomic E-state index is 0.176. The van der Waals surface area contributed by atoms with Crippen LogP contribution < -0.4 is 0 Å². The second-order valence-corrected chi connectivity index (χ2v) is 2.72. The van der Waals surface area contributed by atoms with Gasteiger partial charge in [-0.2, -0.15) is 0 Å². The van der Waals surface area contributed by atoms with E-state index in [9.17, 15) is 4.79 Å². The molecule has 0 aromatic rings. The van der Waals surface area contributed by atoms with Crippen molar-refractivity contribution < 1.29 is 9.53 Å².